The molecule has 1 aromatic rings. The minimum absolute atomic E-state index is 0.0995. The molecule has 0 radical (unpaired) electrons. The second-order valence-electron chi connectivity index (χ2n) is 6.31. The van der Waals surface area contributed by atoms with Crippen molar-refractivity contribution in [1.29, 1.82) is 0 Å². The smallest absolute Gasteiger partial charge is 0.0504 e. The second-order valence-corrected chi connectivity index (χ2v) is 6.31. The van der Waals surface area contributed by atoms with Gasteiger partial charge in [0.05, 0.1) is 6.61 Å². The summed E-state index contributed by atoms with van der Waals surface area (Å²) in [5.41, 5.74) is 2.70. The minimum Gasteiger partial charge on any atom is -0.396 e. The Morgan fingerprint density at radius 2 is 1.84 bits per heavy atom. The van der Waals surface area contributed by atoms with Crippen LogP contribution in [0.3, 0.4) is 0 Å². The first-order valence-electron chi connectivity index (χ1n) is 7.60. The summed E-state index contributed by atoms with van der Waals surface area (Å²) >= 11 is 0. The molecule has 106 valence electrons. The fraction of sp³-hybridized carbons (Fsp3) is 0.647. The highest BCUT2D eigenvalue weighted by Gasteiger charge is 2.31. The number of anilines is 1. The minimum atomic E-state index is 0.0995. The quantitative estimate of drug-likeness (QED) is 0.834. The summed E-state index contributed by atoms with van der Waals surface area (Å²) < 4.78 is 0. The Morgan fingerprint density at radius 1 is 1.16 bits per heavy atom. The van der Waals surface area contributed by atoms with Crippen molar-refractivity contribution < 1.29 is 5.11 Å². The van der Waals surface area contributed by atoms with Crippen molar-refractivity contribution in [2.24, 2.45) is 5.41 Å². The van der Waals surface area contributed by atoms with E-state index in [0.29, 0.717) is 12.5 Å². The molecule has 0 amide bonds. The lowest BCUT2D eigenvalue weighted by atomic mass is 9.74. The van der Waals surface area contributed by atoms with Gasteiger partial charge in [-0.2, -0.15) is 0 Å². The molecule has 1 aromatic carbocycles. The van der Waals surface area contributed by atoms with Gasteiger partial charge >= 0.3 is 0 Å². The van der Waals surface area contributed by atoms with Crippen LogP contribution in [0.25, 0.3) is 0 Å². The van der Waals surface area contributed by atoms with Gasteiger partial charge in [-0.1, -0.05) is 51.3 Å². The number of aliphatic hydroxyl groups excluding tert-OH is 1. The summed E-state index contributed by atoms with van der Waals surface area (Å²) in [6, 6.07) is 8.53. The Kier molecular flexibility index (Phi) is 4.87. The fourth-order valence-electron chi connectivity index (χ4n) is 3.14. The maximum atomic E-state index is 9.76. The third-order valence-electron chi connectivity index (χ3n) is 4.49. The zero-order valence-corrected chi connectivity index (χ0v) is 12.3. The third kappa shape index (κ3) is 3.50. The van der Waals surface area contributed by atoms with E-state index in [9.17, 15) is 5.11 Å². The Balaban J connectivity index is 2.05. The highest BCUT2D eigenvalue weighted by Crippen LogP contribution is 2.36. The van der Waals surface area contributed by atoms with Crippen LogP contribution in [0.5, 0.6) is 0 Å². The fourth-order valence-corrected chi connectivity index (χ4v) is 3.14. The zero-order valence-electron chi connectivity index (χ0n) is 12.3. The van der Waals surface area contributed by atoms with Crippen LogP contribution in [0.15, 0.2) is 24.3 Å². The maximum absolute atomic E-state index is 9.76. The standard InChI is InChI=1S/C17H27NO/c1-14(2)15-8-4-5-9-16(15)18-12-17(13-19)10-6-3-7-11-17/h4-5,8-9,14,18-19H,3,6-7,10-13H2,1-2H3. The van der Waals surface area contributed by atoms with E-state index in [0.717, 1.165) is 19.4 Å². The average molecular weight is 261 g/mol. The van der Waals surface area contributed by atoms with Crippen molar-refractivity contribution in [3.05, 3.63) is 29.8 Å². The number of hydrogen-bond donors (Lipinski definition) is 2. The van der Waals surface area contributed by atoms with Crippen molar-refractivity contribution in [2.45, 2.75) is 51.9 Å². The molecule has 2 rings (SSSR count). The Bertz CT molecular complexity index is 394. The van der Waals surface area contributed by atoms with Crippen LogP contribution in [-0.2, 0) is 0 Å². The van der Waals surface area contributed by atoms with Crippen LogP contribution in [-0.4, -0.2) is 18.3 Å². The summed E-state index contributed by atoms with van der Waals surface area (Å²) in [6.45, 7) is 5.66. The number of benzene rings is 1. The molecule has 2 N–H and O–H groups in total. The Labute approximate surface area is 117 Å². The summed E-state index contributed by atoms with van der Waals surface area (Å²) in [7, 11) is 0. The van der Waals surface area contributed by atoms with Crippen molar-refractivity contribution >= 4 is 5.69 Å². The molecule has 2 nitrogen and oxygen atoms in total. The number of aliphatic hydroxyl groups is 1. The molecule has 1 fully saturated rings. The number of hydrogen-bond acceptors (Lipinski definition) is 2. The number of para-hydroxylation sites is 1. The molecule has 0 atom stereocenters. The molecule has 0 aromatic heterocycles. The van der Waals surface area contributed by atoms with E-state index < -0.39 is 0 Å². The van der Waals surface area contributed by atoms with E-state index in [1.807, 2.05) is 0 Å². The van der Waals surface area contributed by atoms with Crippen LogP contribution in [0, 0.1) is 5.41 Å². The summed E-state index contributed by atoms with van der Waals surface area (Å²) in [4.78, 5) is 0. The van der Waals surface area contributed by atoms with Gasteiger partial charge in [0, 0.05) is 17.6 Å². The average Bonchev–Trinajstić information content (AvgIpc) is 2.46. The molecule has 19 heavy (non-hydrogen) atoms. The van der Waals surface area contributed by atoms with Crippen LogP contribution >= 0.6 is 0 Å². The number of nitrogens with one attached hydrogen (secondary N) is 1. The lowest BCUT2D eigenvalue weighted by molar-refractivity contribution is 0.0944. The molecule has 0 unspecified atom stereocenters. The van der Waals surface area contributed by atoms with Crippen LogP contribution < -0.4 is 5.32 Å². The molecule has 1 aliphatic rings. The van der Waals surface area contributed by atoms with E-state index in [1.165, 1.54) is 30.5 Å². The Hall–Kier alpha value is -1.02. The van der Waals surface area contributed by atoms with Gasteiger partial charge in [-0.15, -0.1) is 0 Å². The largest absolute Gasteiger partial charge is 0.396 e. The molecule has 0 saturated heterocycles. The van der Waals surface area contributed by atoms with Crippen molar-refractivity contribution in [3.8, 4) is 0 Å². The van der Waals surface area contributed by atoms with Gasteiger partial charge in [0.2, 0.25) is 0 Å². The lowest BCUT2D eigenvalue weighted by Crippen LogP contribution is -2.35. The lowest BCUT2D eigenvalue weighted by Gasteiger charge is -2.36. The predicted octanol–water partition coefficient (Wildman–Crippen LogP) is 4.16. The third-order valence-corrected chi connectivity index (χ3v) is 4.49. The zero-order chi connectivity index (χ0) is 13.7. The molecule has 0 aliphatic heterocycles. The van der Waals surface area contributed by atoms with E-state index in [2.05, 4.69) is 43.4 Å². The highest BCUT2D eigenvalue weighted by atomic mass is 16.3. The maximum Gasteiger partial charge on any atom is 0.0504 e. The molecule has 0 heterocycles. The summed E-state index contributed by atoms with van der Waals surface area (Å²) in [6.07, 6.45) is 6.15. The van der Waals surface area contributed by atoms with Gasteiger partial charge < -0.3 is 10.4 Å². The summed E-state index contributed by atoms with van der Waals surface area (Å²) in [5.74, 6) is 0.528. The van der Waals surface area contributed by atoms with E-state index in [1.54, 1.807) is 0 Å². The SMILES string of the molecule is CC(C)c1ccccc1NCC1(CO)CCCCC1. The first-order chi connectivity index (χ1) is 9.17. The van der Waals surface area contributed by atoms with E-state index in [-0.39, 0.29) is 5.41 Å². The van der Waals surface area contributed by atoms with Gasteiger partial charge in [-0.05, 0) is 30.4 Å². The summed E-state index contributed by atoms with van der Waals surface area (Å²) in [5, 5.41) is 13.4. The Morgan fingerprint density at radius 3 is 2.47 bits per heavy atom. The van der Waals surface area contributed by atoms with Gasteiger partial charge in [-0.3, -0.25) is 0 Å². The van der Waals surface area contributed by atoms with Crippen LogP contribution in [0.1, 0.15) is 57.4 Å². The molecule has 2 heteroatoms. The number of rotatable bonds is 5. The van der Waals surface area contributed by atoms with E-state index >= 15 is 0 Å². The van der Waals surface area contributed by atoms with Gasteiger partial charge in [0.25, 0.3) is 0 Å². The molecule has 1 aliphatic carbocycles. The van der Waals surface area contributed by atoms with Gasteiger partial charge in [0.1, 0.15) is 0 Å². The monoisotopic (exact) mass is 261 g/mol. The molecule has 1 saturated carbocycles. The van der Waals surface area contributed by atoms with Gasteiger partial charge in [-0.25, -0.2) is 0 Å². The van der Waals surface area contributed by atoms with E-state index in [4.69, 9.17) is 0 Å². The van der Waals surface area contributed by atoms with Crippen LogP contribution in [0.2, 0.25) is 0 Å². The highest BCUT2D eigenvalue weighted by molar-refractivity contribution is 5.52. The second kappa shape index (κ2) is 6.42. The molecule has 0 spiro atoms. The first-order valence-corrected chi connectivity index (χ1v) is 7.60. The molecule has 0 bridgehead atoms. The topological polar surface area (TPSA) is 32.3 Å². The van der Waals surface area contributed by atoms with Gasteiger partial charge in [0.15, 0.2) is 0 Å². The van der Waals surface area contributed by atoms with Crippen molar-refractivity contribution in [1.82, 2.24) is 0 Å². The normalized spacial score (nSPS) is 18.5. The van der Waals surface area contributed by atoms with Crippen LogP contribution in [0.4, 0.5) is 5.69 Å². The van der Waals surface area contributed by atoms with Crippen molar-refractivity contribution in [2.75, 3.05) is 18.5 Å². The molecular weight excluding hydrogens is 234 g/mol. The predicted molar refractivity (Wildman–Crippen MR) is 81.6 cm³/mol. The molecular formula is C17H27NO. The first kappa shape index (κ1) is 14.4. The van der Waals surface area contributed by atoms with Crippen molar-refractivity contribution in [3.63, 3.8) is 0 Å².